The van der Waals surface area contributed by atoms with Crippen molar-refractivity contribution < 1.29 is 23.9 Å². The Balaban J connectivity index is 2.17. The standard InChI is InChI=1S/C8H4Cl2O5/c9-7-2-1-3(5(12)4(2)11)8(7,10)15-6(13)14-7/h2-3H,1H2. The van der Waals surface area contributed by atoms with Gasteiger partial charge in [-0.3, -0.25) is 9.59 Å². The molecule has 2 saturated carbocycles. The van der Waals surface area contributed by atoms with Crippen LogP contribution in [0.4, 0.5) is 4.79 Å². The molecule has 0 aromatic rings. The van der Waals surface area contributed by atoms with Crippen molar-refractivity contribution >= 4 is 40.9 Å². The van der Waals surface area contributed by atoms with Crippen molar-refractivity contribution in [2.75, 3.05) is 0 Å². The molecule has 3 fully saturated rings. The Kier molecular flexibility index (Phi) is 1.44. The summed E-state index contributed by atoms with van der Waals surface area (Å²) in [4.78, 5) is 33.8. The molecule has 4 unspecified atom stereocenters. The van der Waals surface area contributed by atoms with Crippen LogP contribution in [0.3, 0.4) is 0 Å². The minimum absolute atomic E-state index is 0.179. The molecular weight excluding hydrogens is 247 g/mol. The molecule has 1 heterocycles. The van der Waals surface area contributed by atoms with E-state index in [0.29, 0.717) is 0 Å². The van der Waals surface area contributed by atoms with Crippen LogP contribution >= 0.6 is 23.2 Å². The molecule has 2 aliphatic carbocycles. The number of carbonyl (C=O) groups is 3. The minimum Gasteiger partial charge on any atom is -0.405 e. The smallest absolute Gasteiger partial charge is 0.405 e. The summed E-state index contributed by atoms with van der Waals surface area (Å²) in [6.07, 6.45) is -0.866. The molecule has 7 heteroatoms. The number of fused-ring (bicyclic) bond motifs is 5. The van der Waals surface area contributed by atoms with E-state index in [1.54, 1.807) is 0 Å². The van der Waals surface area contributed by atoms with Crippen molar-refractivity contribution in [1.82, 2.24) is 0 Å². The molecule has 80 valence electrons. The molecule has 2 bridgehead atoms. The zero-order chi connectivity index (χ0) is 11.0. The van der Waals surface area contributed by atoms with E-state index in [9.17, 15) is 14.4 Å². The minimum atomic E-state index is -1.72. The summed E-state index contributed by atoms with van der Waals surface area (Å²) in [5.74, 6) is -3.05. The number of rotatable bonds is 0. The molecule has 0 radical (unpaired) electrons. The van der Waals surface area contributed by atoms with E-state index in [4.69, 9.17) is 32.7 Å². The third-order valence-electron chi connectivity index (χ3n) is 3.17. The predicted molar refractivity (Wildman–Crippen MR) is 46.3 cm³/mol. The Bertz CT molecular complexity index is 385. The summed E-state index contributed by atoms with van der Waals surface area (Å²) >= 11 is 12.0. The fourth-order valence-electron chi connectivity index (χ4n) is 2.45. The number of ether oxygens (including phenoxy) is 2. The first-order chi connectivity index (χ1) is 6.90. The summed E-state index contributed by atoms with van der Waals surface area (Å²) < 4.78 is 9.46. The molecule has 5 nitrogen and oxygen atoms in total. The van der Waals surface area contributed by atoms with Crippen molar-refractivity contribution in [1.29, 1.82) is 0 Å². The van der Waals surface area contributed by atoms with E-state index in [0.717, 1.165) is 0 Å². The number of halogens is 2. The van der Waals surface area contributed by atoms with Gasteiger partial charge in [0.25, 0.3) is 10.1 Å². The van der Waals surface area contributed by atoms with Gasteiger partial charge in [-0.1, -0.05) is 23.2 Å². The van der Waals surface area contributed by atoms with Gasteiger partial charge in [0.05, 0.1) is 11.8 Å². The first-order valence-electron chi connectivity index (χ1n) is 4.28. The fraction of sp³-hybridized carbons (Fsp3) is 0.625. The van der Waals surface area contributed by atoms with Crippen LogP contribution in [-0.2, 0) is 19.1 Å². The number of alkyl halides is 2. The van der Waals surface area contributed by atoms with Gasteiger partial charge in [0.2, 0.25) is 11.6 Å². The van der Waals surface area contributed by atoms with Gasteiger partial charge in [-0.15, -0.1) is 0 Å². The van der Waals surface area contributed by atoms with Crippen LogP contribution in [0.1, 0.15) is 6.42 Å². The zero-order valence-corrected chi connectivity index (χ0v) is 8.67. The number of carbonyl (C=O) groups excluding carboxylic acids is 3. The highest BCUT2D eigenvalue weighted by molar-refractivity contribution is 6.49. The third-order valence-corrected chi connectivity index (χ3v) is 4.51. The molecule has 3 rings (SSSR count). The monoisotopic (exact) mass is 250 g/mol. The summed E-state index contributed by atoms with van der Waals surface area (Å²) in [7, 11) is 0. The Morgan fingerprint density at radius 3 is 1.80 bits per heavy atom. The average molecular weight is 251 g/mol. The van der Waals surface area contributed by atoms with E-state index in [-0.39, 0.29) is 6.42 Å². The second-order valence-corrected chi connectivity index (χ2v) is 4.94. The lowest BCUT2D eigenvalue weighted by atomic mass is 9.91. The zero-order valence-electron chi connectivity index (χ0n) is 7.16. The molecule has 0 aromatic heterocycles. The largest absolute Gasteiger partial charge is 0.512 e. The van der Waals surface area contributed by atoms with E-state index in [1.165, 1.54) is 0 Å². The van der Waals surface area contributed by atoms with Crippen LogP contribution in [-0.4, -0.2) is 27.8 Å². The van der Waals surface area contributed by atoms with Crippen molar-refractivity contribution in [2.45, 2.75) is 16.5 Å². The Hall–Kier alpha value is -0.810. The van der Waals surface area contributed by atoms with Crippen molar-refractivity contribution in [2.24, 2.45) is 11.8 Å². The van der Waals surface area contributed by atoms with Gasteiger partial charge < -0.3 is 9.47 Å². The SMILES string of the molecule is O=C1OC2(Cl)C3CC(C(=O)C3=O)C2(Cl)O1. The molecule has 4 atom stereocenters. The van der Waals surface area contributed by atoms with Gasteiger partial charge in [0, 0.05) is 0 Å². The van der Waals surface area contributed by atoms with Crippen LogP contribution in [0.15, 0.2) is 0 Å². The second kappa shape index (κ2) is 2.30. The normalized spacial score (nSPS) is 51.7. The van der Waals surface area contributed by atoms with Gasteiger partial charge in [-0.25, -0.2) is 4.79 Å². The van der Waals surface area contributed by atoms with Crippen LogP contribution in [0.5, 0.6) is 0 Å². The maximum absolute atomic E-state index is 11.4. The second-order valence-electron chi connectivity index (χ2n) is 3.81. The van der Waals surface area contributed by atoms with E-state index in [1.807, 2.05) is 0 Å². The summed E-state index contributed by atoms with van der Waals surface area (Å²) in [6.45, 7) is 0. The molecule has 1 aliphatic heterocycles. The number of hydrogen-bond acceptors (Lipinski definition) is 5. The Morgan fingerprint density at radius 2 is 1.40 bits per heavy atom. The lowest BCUT2D eigenvalue weighted by Gasteiger charge is -2.32. The van der Waals surface area contributed by atoms with Crippen molar-refractivity contribution in [3.63, 3.8) is 0 Å². The van der Waals surface area contributed by atoms with E-state index < -0.39 is 39.7 Å². The van der Waals surface area contributed by atoms with Crippen molar-refractivity contribution in [3.05, 3.63) is 0 Å². The molecule has 0 N–H and O–H groups in total. The molecular formula is C8H4Cl2O5. The Morgan fingerprint density at radius 1 is 1.00 bits per heavy atom. The first kappa shape index (κ1) is 9.42. The first-order valence-corrected chi connectivity index (χ1v) is 5.03. The lowest BCUT2D eigenvalue weighted by Crippen LogP contribution is -2.54. The fourth-order valence-corrected chi connectivity index (χ4v) is 3.30. The van der Waals surface area contributed by atoms with Crippen molar-refractivity contribution in [3.8, 4) is 0 Å². The molecule has 3 aliphatic rings. The highest BCUT2D eigenvalue weighted by Gasteiger charge is 2.81. The molecule has 0 amide bonds. The predicted octanol–water partition coefficient (Wildman–Crippen LogP) is 0.811. The number of ketones is 2. The number of hydrogen-bond donors (Lipinski definition) is 0. The van der Waals surface area contributed by atoms with E-state index in [2.05, 4.69) is 0 Å². The molecule has 0 aromatic carbocycles. The van der Waals surface area contributed by atoms with Gasteiger partial charge in [0.1, 0.15) is 0 Å². The topological polar surface area (TPSA) is 69.7 Å². The summed E-state index contributed by atoms with van der Waals surface area (Å²) in [5.41, 5.74) is 0. The van der Waals surface area contributed by atoms with Crippen LogP contribution in [0.2, 0.25) is 0 Å². The lowest BCUT2D eigenvalue weighted by molar-refractivity contribution is -0.145. The molecule has 0 spiro atoms. The maximum atomic E-state index is 11.4. The highest BCUT2D eigenvalue weighted by Crippen LogP contribution is 2.64. The van der Waals surface area contributed by atoms with Crippen LogP contribution in [0.25, 0.3) is 0 Å². The van der Waals surface area contributed by atoms with Gasteiger partial charge >= 0.3 is 6.16 Å². The summed E-state index contributed by atoms with van der Waals surface area (Å²) in [5, 5.41) is -3.44. The molecule has 1 saturated heterocycles. The van der Waals surface area contributed by atoms with Crippen LogP contribution < -0.4 is 0 Å². The highest BCUT2D eigenvalue weighted by atomic mass is 35.5. The van der Waals surface area contributed by atoms with Gasteiger partial charge in [0.15, 0.2) is 0 Å². The van der Waals surface area contributed by atoms with Gasteiger partial charge in [-0.05, 0) is 6.42 Å². The average Bonchev–Trinajstić information content (AvgIpc) is 2.60. The maximum Gasteiger partial charge on any atom is 0.512 e. The van der Waals surface area contributed by atoms with Crippen LogP contribution in [0, 0.1) is 11.8 Å². The van der Waals surface area contributed by atoms with Gasteiger partial charge in [-0.2, -0.15) is 0 Å². The number of Topliss-reactive ketones (excluding diaryl/α,β-unsaturated/α-hetero) is 2. The Labute approximate surface area is 93.6 Å². The third kappa shape index (κ3) is 0.774. The quantitative estimate of drug-likeness (QED) is 0.362. The molecule has 15 heavy (non-hydrogen) atoms. The summed E-state index contributed by atoms with van der Waals surface area (Å²) in [6, 6.07) is 0. The van der Waals surface area contributed by atoms with E-state index >= 15 is 0 Å².